The molecule has 1 saturated carbocycles. The summed E-state index contributed by atoms with van der Waals surface area (Å²) in [5, 5.41) is 3.23. The molecule has 0 aromatic heterocycles. The quantitative estimate of drug-likeness (QED) is 0.860. The number of nitrogens with zero attached hydrogens (tertiary/aromatic N) is 1. The third-order valence-electron chi connectivity index (χ3n) is 4.40. The number of carbonyl (C=O) groups is 1. The second kappa shape index (κ2) is 7.85. The maximum Gasteiger partial charge on any atom is 0.239 e. The van der Waals surface area contributed by atoms with Crippen molar-refractivity contribution in [3.05, 3.63) is 28.3 Å². The monoisotopic (exact) mass is 372 g/mol. The highest BCUT2D eigenvalue weighted by molar-refractivity contribution is 7.88. The first-order chi connectivity index (χ1) is 11.2. The third-order valence-corrected chi connectivity index (χ3v) is 5.98. The molecule has 0 radical (unpaired) electrons. The van der Waals surface area contributed by atoms with Crippen molar-refractivity contribution in [2.45, 2.75) is 52.0 Å². The van der Waals surface area contributed by atoms with Crippen LogP contribution in [0.2, 0.25) is 5.02 Å². The maximum absolute atomic E-state index is 12.4. The fourth-order valence-electron chi connectivity index (χ4n) is 3.28. The molecule has 1 N–H and O–H groups in total. The Balaban J connectivity index is 2.14. The number of nitrogens with one attached hydrogen (secondary N) is 1. The first-order valence-electron chi connectivity index (χ1n) is 8.22. The number of halogens is 1. The summed E-state index contributed by atoms with van der Waals surface area (Å²) in [6.07, 6.45) is 5.91. The predicted molar refractivity (Wildman–Crippen MR) is 98.0 cm³/mol. The predicted octanol–water partition coefficient (Wildman–Crippen LogP) is 3.49. The van der Waals surface area contributed by atoms with Crippen LogP contribution in [0.5, 0.6) is 0 Å². The average Bonchev–Trinajstić information content (AvgIpc) is 2.48. The minimum absolute atomic E-state index is 0.0888. The minimum Gasteiger partial charge on any atom is -0.323 e. The molecule has 0 bridgehead atoms. The number of aryl methyl sites for hydroxylation is 2. The summed E-state index contributed by atoms with van der Waals surface area (Å²) in [6.45, 7) is 3.62. The van der Waals surface area contributed by atoms with Crippen LogP contribution in [0.15, 0.2) is 12.1 Å². The van der Waals surface area contributed by atoms with E-state index in [1.54, 1.807) is 6.07 Å². The van der Waals surface area contributed by atoms with E-state index in [1.165, 1.54) is 10.6 Å². The second-order valence-corrected chi connectivity index (χ2v) is 8.93. The van der Waals surface area contributed by atoms with E-state index in [9.17, 15) is 13.2 Å². The fourth-order valence-corrected chi connectivity index (χ4v) is 4.75. The van der Waals surface area contributed by atoms with Crippen molar-refractivity contribution in [3.63, 3.8) is 0 Å². The molecule has 1 aromatic rings. The van der Waals surface area contributed by atoms with Crippen molar-refractivity contribution in [1.82, 2.24) is 4.31 Å². The zero-order valence-corrected chi connectivity index (χ0v) is 16.0. The minimum atomic E-state index is -3.44. The van der Waals surface area contributed by atoms with E-state index in [0.717, 1.165) is 43.2 Å². The SMILES string of the molecule is Cc1cc(C)c(NC(=O)CN(C2CCCCC2)S(C)(=O)=O)c(Cl)c1. The van der Waals surface area contributed by atoms with E-state index in [4.69, 9.17) is 11.6 Å². The van der Waals surface area contributed by atoms with E-state index >= 15 is 0 Å². The van der Waals surface area contributed by atoms with Gasteiger partial charge >= 0.3 is 0 Å². The molecule has 1 amide bonds. The molecular weight excluding hydrogens is 348 g/mol. The van der Waals surface area contributed by atoms with Crippen LogP contribution < -0.4 is 5.32 Å². The molecule has 0 saturated heterocycles. The molecule has 1 aliphatic carbocycles. The van der Waals surface area contributed by atoms with Gasteiger partial charge in [-0.1, -0.05) is 36.9 Å². The first kappa shape index (κ1) is 19.2. The number of hydrogen-bond acceptors (Lipinski definition) is 3. The van der Waals surface area contributed by atoms with Gasteiger partial charge in [-0.25, -0.2) is 8.42 Å². The van der Waals surface area contributed by atoms with E-state index in [2.05, 4.69) is 5.32 Å². The van der Waals surface area contributed by atoms with Crippen LogP contribution in [0.1, 0.15) is 43.2 Å². The van der Waals surface area contributed by atoms with E-state index in [-0.39, 0.29) is 18.5 Å². The topological polar surface area (TPSA) is 66.5 Å². The summed E-state index contributed by atoms with van der Waals surface area (Å²) in [5.74, 6) is -0.361. The summed E-state index contributed by atoms with van der Waals surface area (Å²) in [5.41, 5.74) is 2.41. The van der Waals surface area contributed by atoms with Gasteiger partial charge in [-0.3, -0.25) is 4.79 Å². The normalized spacial score (nSPS) is 16.4. The Morgan fingerprint density at radius 1 is 1.25 bits per heavy atom. The van der Waals surface area contributed by atoms with Crippen LogP contribution in [0.4, 0.5) is 5.69 Å². The summed E-state index contributed by atoms with van der Waals surface area (Å²) in [4.78, 5) is 12.4. The van der Waals surface area contributed by atoms with Gasteiger partial charge in [0.15, 0.2) is 0 Å². The Kier molecular flexibility index (Phi) is 6.28. The molecule has 134 valence electrons. The number of sulfonamides is 1. The Labute approximate surface area is 149 Å². The average molecular weight is 373 g/mol. The van der Waals surface area contributed by atoms with Crippen LogP contribution in [-0.4, -0.2) is 37.5 Å². The molecule has 1 aromatic carbocycles. The van der Waals surface area contributed by atoms with E-state index in [1.807, 2.05) is 19.9 Å². The summed E-state index contributed by atoms with van der Waals surface area (Å²) < 4.78 is 25.6. The van der Waals surface area contributed by atoms with Crippen LogP contribution in [0, 0.1) is 13.8 Å². The van der Waals surface area contributed by atoms with Gasteiger partial charge < -0.3 is 5.32 Å². The van der Waals surface area contributed by atoms with E-state index < -0.39 is 10.0 Å². The smallest absolute Gasteiger partial charge is 0.239 e. The zero-order chi connectivity index (χ0) is 17.9. The standard InChI is InChI=1S/C17H25ClN2O3S/c1-12-9-13(2)17(15(18)10-12)19-16(21)11-20(24(3,22)23)14-7-5-4-6-8-14/h9-10,14H,4-8,11H2,1-3H3,(H,19,21). The molecule has 0 unspecified atom stereocenters. The lowest BCUT2D eigenvalue weighted by atomic mass is 9.95. The van der Waals surface area contributed by atoms with Crippen LogP contribution >= 0.6 is 11.6 Å². The fraction of sp³-hybridized carbons (Fsp3) is 0.588. The zero-order valence-electron chi connectivity index (χ0n) is 14.4. The Morgan fingerprint density at radius 3 is 2.42 bits per heavy atom. The van der Waals surface area contributed by atoms with Crippen molar-refractivity contribution >= 4 is 33.2 Å². The van der Waals surface area contributed by atoms with Gasteiger partial charge in [0.2, 0.25) is 15.9 Å². The molecule has 0 aliphatic heterocycles. The number of benzene rings is 1. The van der Waals surface area contributed by atoms with Crippen molar-refractivity contribution < 1.29 is 13.2 Å². The largest absolute Gasteiger partial charge is 0.323 e. The molecule has 0 spiro atoms. The molecule has 7 heteroatoms. The Hall–Kier alpha value is -1.11. The van der Waals surface area contributed by atoms with E-state index in [0.29, 0.717) is 10.7 Å². The summed E-state index contributed by atoms with van der Waals surface area (Å²) in [6, 6.07) is 3.62. The van der Waals surface area contributed by atoms with Crippen molar-refractivity contribution in [2.75, 3.05) is 18.1 Å². The molecule has 1 aliphatic rings. The lowest BCUT2D eigenvalue weighted by Gasteiger charge is -2.32. The molecular formula is C17H25ClN2O3S. The Bertz CT molecular complexity index is 690. The number of carbonyl (C=O) groups excluding carboxylic acids is 1. The number of rotatable bonds is 5. The van der Waals surface area contributed by atoms with Crippen molar-refractivity contribution in [1.29, 1.82) is 0 Å². The van der Waals surface area contributed by atoms with Gasteiger partial charge in [-0.2, -0.15) is 4.31 Å². The highest BCUT2D eigenvalue weighted by Gasteiger charge is 2.30. The first-order valence-corrected chi connectivity index (χ1v) is 10.4. The van der Waals surface area contributed by atoms with Gasteiger partial charge in [0.1, 0.15) is 0 Å². The van der Waals surface area contributed by atoms with Gasteiger partial charge in [-0.15, -0.1) is 0 Å². The molecule has 2 rings (SSSR count). The molecule has 1 fully saturated rings. The number of anilines is 1. The Morgan fingerprint density at radius 2 is 1.88 bits per heavy atom. The van der Waals surface area contributed by atoms with Crippen LogP contribution in [0.3, 0.4) is 0 Å². The number of hydrogen-bond donors (Lipinski definition) is 1. The summed E-state index contributed by atoms with van der Waals surface area (Å²) >= 11 is 6.21. The highest BCUT2D eigenvalue weighted by Crippen LogP contribution is 2.28. The highest BCUT2D eigenvalue weighted by atomic mass is 35.5. The lowest BCUT2D eigenvalue weighted by molar-refractivity contribution is -0.116. The molecule has 0 atom stereocenters. The second-order valence-electron chi connectivity index (χ2n) is 6.59. The lowest BCUT2D eigenvalue weighted by Crippen LogP contribution is -2.45. The molecule has 5 nitrogen and oxygen atoms in total. The van der Waals surface area contributed by atoms with Gasteiger partial charge in [0.05, 0.1) is 23.5 Å². The third kappa shape index (κ3) is 4.94. The van der Waals surface area contributed by atoms with Crippen LogP contribution in [-0.2, 0) is 14.8 Å². The van der Waals surface area contributed by atoms with Crippen molar-refractivity contribution in [2.24, 2.45) is 0 Å². The molecule has 24 heavy (non-hydrogen) atoms. The van der Waals surface area contributed by atoms with Gasteiger partial charge in [-0.05, 0) is 43.9 Å². The molecule has 0 heterocycles. The maximum atomic E-state index is 12.4. The summed E-state index contributed by atoms with van der Waals surface area (Å²) in [7, 11) is -3.44. The van der Waals surface area contributed by atoms with Crippen LogP contribution in [0.25, 0.3) is 0 Å². The van der Waals surface area contributed by atoms with Gasteiger partial charge in [0, 0.05) is 6.04 Å². The van der Waals surface area contributed by atoms with Crippen molar-refractivity contribution in [3.8, 4) is 0 Å². The number of amides is 1. The van der Waals surface area contributed by atoms with Gasteiger partial charge in [0.25, 0.3) is 0 Å².